The van der Waals surface area contributed by atoms with Crippen molar-refractivity contribution in [2.75, 3.05) is 5.73 Å². The molecule has 0 saturated carbocycles. The quantitative estimate of drug-likeness (QED) is 0.312. The number of hydrogen-bond acceptors (Lipinski definition) is 2. The maximum absolute atomic E-state index is 5.68. The Balaban J connectivity index is 1.95. The molecule has 0 amide bonds. The highest BCUT2D eigenvalue weighted by atomic mass is 14.7. The summed E-state index contributed by atoms with van der Waals surface area (Å²) in [5.41, 5.74) is 13.1. The monoisotopic (exact) mass is 374 g/mol. The molecule has 0 bridgehead atoms. The highest BCUT2D eigenvalue weighted by Crippen LogP contribution is 2.40. The van der Waals surface area contributed by atoms with Crippen LogP contribution in [0, 0.1) is 5.41 Å². The lowest BCUT2D eigenvalue weighted by molar-refractivity contribution is 0.377. The first-order valence-electron chi connectivity index (χ1n) is 10.1. The third-order valence-electron chi connectivity index (χ3n) is 5.23. The number of nitrogens with two attached hydrogens (primary N) is 1. The van der Waals surface area contributed by atoms with Crippen molar-refractivity contribution in [3.05, 3.63) is 83.0 Å². The molecule has 0 atom stereocenters. The molecule has 0 spiro atoms. The first kappa shape index (κ1) is 21.7. The number of anilines is 1. The number of nitrogen functional groups attached to an aromatic ring is 1. The van der Waals surface area contributed by atoms with Crippen LogP contribution in [0.4, 0.5) is 11.4 Å². The molecule has 2 rings (SSSR count). The van der Waals surface area contributed by atoms with Crippen molar-refractivity contribution in [3.63, 3.8) is 0 Å². The third kappa shape index (κ3) is 6.84. The van der Waals surface area contributed by atoms with Gasteiger partial charge in [0.15, 0.2) is 0 Å². The Morgan fingerprint density at radius 3 is 2.39 bits per heavy atom. The summed E-state index contributed by atoms with van der Waals surface area (Å²) in [4.78, 5) is 4.41. The molecule has 2 N–H and O–H groups in total. The topological polar surface area (TPSA) is 38.4 Å². The highest BCUT2D eigenvalue weighted by Gasteiger charge is 2.26. The molecule has 28 heavy (non-hydrogen) atoms. The zero-order valence-corrected chi connectivity index (χ0v) is 18.0. The van der Waals surface area contributed by atoms with Gasteiger partial charge in [0.1, 0.15) is 0 Å². The van der Waals surface area contributed by atoms with Crippen LogP contribution in [-0.2, 0) is 0 Å². The van der Waals surface area contributed by atoms with Crippen molar-refractivity contribution in [3.8, 4) is 0 Å². The number of allylic oxidation sites excluding steroid dienone is 10. The van der Waals surface area contributed by atoms with Gasteiger partial charge in [-0.05, 0) is 86.9 Å². The molecule has 1 aromatic rings. The molecule has 0 radical (unpaired) electrons. The van der Waals surface area contributed by atoms with E-state index in [4.69, 9.17) is 5.73 Å². The van der Waals surface area contributed by atoms with Gasteiger partial charge in [-0.1, -0.05) is 55.4 Å². The van der Waals surface area contributed by atoms with Crippen LogP contribution in [0.25, 0.3) is 0 Å². The average molecular weight is 375 g/mol. The van der Waals surface area contributed by atoms with Gasteiger partial charge in [0.2, 0.25) is 0 Å². The van der Waals surface area contributed by atoms with Crippen molar-refractivity contribution in [1.82, 2.24) is 0 Å². The predicted molar refractivity (Wildman–Crippen MR) is 125 cm³/mol. The van der Waals surface area contributed by atoms with E-state index < -0.39 is 0 Å². The maximum Gasteiger partial charge on any atom is 0.0631 e. The van der Waals surface area contributed by atoms with Gasteiger partial charge in [0, 0.05) is 11.9 Å². The van der Waals surface area contributed by atoms with E-state index in [9.17, 15) is 0 Å². The fourth-order valence-corrected chi connectivity index (χ4v) is 3.49. The molecule has 0 unspecified atom stereocenters. The Labute approximate surface area is 171 Å². The summed E-state index contributed by atoms with van der Waals surface area (Å²) < 4.78 is 0. The lowest BCUT2D eigenvalue weighted by atomic mass is 9.72. The fraction of sp³-hybridized carbons (Fsp3) is 0.346. The summed E-state index contributed by atoms with van der Waals surface area (Å²) in [7, 11) is 0. The Morgan fingerprint density at radius 2 is 1.71 bits per heavy atom. The van der Waals surface area contributed by atoms with Crippen LogP contribution in [0.2, 0.25) is 0 Å². The van der Waals surface area contributed by atoms with Gasteiger partial charge in [0.25, 0.3) is 0 Å². The molecule has 2 nitrogen and oxygen atoms in total. The van der Waals surface area contributed by atoms with E-state index in [1.807, 2.05) is 36.6 Å². The van der Waals surface area contributed by atoms with E-state index in [1.54, 1.807) is 0 Å². The zero-order valence-electron chi connectivity index (χ0n) is 18.0. The largest absolute Gasteiger partial charge is 0.399 e. The van der Waals surface area contributed by atoms with Gasteiger partial charge in [-0.2, -0.15) is 0 Å². The average Bonchev–Trinajstić information content (AvgIpc) is 2.62. The number of nitrogens with zero attached hydrogens (tertiary/aromatic N) is 1. The van der Waals surface area contributed by atoms with Crippen molar-refractivity contribution in [2.45, 2.75) is 53.9 Å². The minimum atomic E-state index is 0.290. The van der Waals surface area contributed by atoms with Gasteiger partial charge in [-0.25, -0.2) is 0 Å². The van der Waals surface area contributed by atoms with Crippen molar-refractivity contribution in [2.24, 2.45) is 10.4 Å². The van der Waals surface area contributed by atoms with Crippen LogP contribution in [0.15, 0.2) is 88.0 Å². The normalized spacial score (nSPS) is 18.8. The molecule has 0 fully saturated rings. The highest BCUT2D eigenvalue weighted by molar-refractivity contribution is 5.76. The molecule has 0 aliphatic heterocycles. The number of hydrogen-bond donors (Lipinski definition) is 1. The van der Waals surface area contributed by atoms with Gasteiger partial charge in [-0.3, -0.25) is 4.99 Å². The lowest BCUT2D eigenvalue weighted by Gasteiger charge is -2.32. The van der Waals surface area contributed by atoms with Crippen molar-refractivity contribution < 1.29 is 0 Å². The fourth-order valence-electron chi connectivity index (χ4n) is 3.49. The number of rotatable bonds is 6. The van der Waals surface area contributed by atoms with E-state index in [0.717, 1.165) is 16.9 Å². The smallest absolute Gasteiger partial charge is 0.0631 e. The predicted octanol–water partition coefficient (Wildman–Crippen LogP) is 7.50. The van der Waals surface area contributed by atoms with Crippen LogP contribution >= 0.6 is 0 Å². The van der Waals surface area contributed by atoms with Crippen LogP contribution in [0.5, 0.6) is 0 Å². The van der Waals surface area contributed by atoms with Gasteiger partial charge < -0.3 is 5.73 Å². The second-order valence-electron chi connectivity index (χ2n) is 8.31. The standard InChI is InChI=1S/C26H34N2/c1-20(11-16-25-22(3)10-7-18-26(25,4)5)8-6-9-21(2)17-19-28-24-14-12-23(27)13-15-24/h6,8-9,11-17,19H,7,10,18,27H2,1-5H3/b9-6+,16-11+,20-8+,21-17+,28-19?. The van der Waals surface area contributed by atoms with Crippen LogP contribution in [0.3, 0.4) is 0 Å². The molecular formula is C26H34N2. The van der Waals surface area contributed by atoms with Crippen LogP contribution in [-0.4, -0.2) is 6.21 Å². The molecule has 0 saturated heterocycles. The second kappa shape index (κ2) is 10.1. The summed E-state index contributed by atoms with van der Waals surface area (Å²) in [6.45, 7) is 11.2. The first-order valence-corrected chi connectivity index (χ1v) is 10.1. The minimum Gasteiger partial charge on any atom is -0.399 e. The SMILES string of the molecule is CC1=C(/C=C/C(C)=C/C=C/C(C)=C/C=Nc2ccc(N)cc2)C(C)(C)CCC1. The molecular weight excluding hydrogens is 340 g/mol. The van der Waals surface area contributed by atoms with E-state index in [0.29, 0.717) is 0 Å². The van der Waals surface area contributed by atoms with Crippen molar-refractivity contribution in [1.29, 1.82) is 0 Å². The molecule has 2 heteroatoms. The summed E-state index contributed by atoms with van der Waals surface area (Å²) in [6.07, 6.45) is 18.5. The summed E-state index contributed by atoms with van der Waals surface area (Å²) in [5, 5.41) is 0. The Hall–Kier alpha value is -2.61. The minimum absolute atomic E-state index is 0.290. The second-order valence-corrected chi connectivity index (χ2v) is 8.31. The van der Waals surface area contributed by atoms with Gasteiger partial charge in [-0.15, -0.1) is 0 Å². The Kier molecular flexibility index (Phi) is 7.80. The van der Waals surface area contributed by atoms with Gasteiger partial charge in [0.05, 0.1) is 5.69 Å². The molecule has 1 aliphatic rings. The summed E-state index contributed by atoms with van der Waals surface area (Å²) in [6, 6.07) is 7.54. The van der Waals surface area contributed by atoms with Crippen molar-refractivity contribution >= 4 is 17.6 Å². The first-order chi connectivity index (χ1) is 13.3. The van der Waals surface area contributed by atoms with E-state index in [1.165, 1.54) is 36.0 Å². The molecule has 1 aromatic carbocycles. The number of aliphatic imine (C=N–C) groups is 1. The van der Waals surface area contributed by atoms with Crippen LogP contribution in [0.1, 0.15) is 53.9 Å². The molecule has 0 aromatic heterocycles. The van der Waals surface area contributed by atoms with E-state index >= 15 is 0 Å². The summed E-state index contributed by atoms with van der Waals surface area (Å²) >= 11 is 0. The van der Waals surface area contributed by atoms with Gasteiger partial charge >= 0.3 is 0 Å². The van der Waals surface area contributed by atoms with Crippen LogP contribution < -0.4 is 5.73 Å². The third-order valence-corrected chi connectivity index (χ3v) is 5.23. The lowest BCUT2D eigenvalue weighted by Crippen LogP contribution is -2.19. The zero-order chi connectivity index (χ0) is 20.6. The Bertz CT molecular complexity index is 841. The molecule has 148 valence electrons. The maximum atomic E-state index is 5.68. The molecule has 1 aliphatic carbocycles. The summed E-state index contributed by atoms with van der Waals surface area (Å²) in [5.74, 6) is 0. The van der Waals surface area contributed by atoms with E-state index in [-0.39, 0.29) is 5.41 Å². The van der Waals surface area contributed by atoms with E-state index in [2.05, 4.69) is 70.0 Å². The Morgan fingerprint density at radius 1 is 1.04 bits per heavy atom. The number of benzene rings is 1. The molecule has 0 heterocycles.